The van der Waals surface area contributed by atoms with Crippen molar-refractivity contribution in [2.75, 3.05) is 0 Å². The maximum atomic E-state index is 7.50. The van der Waals surface area contributed by atoms with Gasteiger partial charge in [-0.1, -0.05) is 82.6 Å². The van der Waals surface area contributed by atoms with Crippen molar-refractivity contribution >= 4 is 8.19 Å². The molecule has 1 aromatic heterocycles. The summed E-state index contributed by atoms with van der Waals surface area (Å²) in [4.78, 5) is 0. The maximum Gasteiger partial charge on any atom is 0 e. The fourth-order valence-electron chi connectivity index (χ4n) is 1.73. The van der Waals surface area contributed by atoms with Gasteiger partial charge in [0.05, 0.1) is 0 Å². The molecule has 0 atom stereocenters. The van der Waals surface area contributed by atoms with Gasteiger partial charge in [-0.25, -0.2) is 0 Å². The van der Waals surface area contributed by atoms with E-state index >= 15 is 0 Å². The minimum absolute atomic E-state index is 0. The van der Waals surface area contributed by atoms with Crippen molar-refractivity contribution in [3.05, 3.63) is 48.2 Å². The Labute approximate surface area is 166 Å². The van der Waals surface area contributed by atoms with Crippen LogP contribution in [0.3, 0.4) is 0 Å². The Morgan fingerprint density at radius 1 is 0.600 bits per heavy atom. The summed E-state index contributed by atoms with van der Waals surface area (Å²) in [6.07, 6.45) is 0. The first-order valence-electron chi connectivity index (χ1n) is 7.46. The zero-order chi connectivity index (χ0) is 20.4. The molecule has 0 amide bonds. The minimum Gasteiger partial charge on any atom is 0 e. The third-order valence-corrected chi connectivity index (χ3v) is 5.31. The molecule has 0 unspecified atom stereocenters. The van der Waals surface area contributed by atoms with Gasteiger partial charge < -0.3 is 0 Å². The van der Waals surface area contributed by atoms with E-state index in [0.29, 0.717) is 0 Å². The number of rotatable bonds is 0. The molecule has 0 spiro atoms. The summed E-state index contributed by atoms with van der Waals surface area (Å²) in [7, 11) is 1.41. The predicted molar refractivity (Wildman–Crippen MR) is 96.8 cm³/mol. The molecule has 0 aromatic carbocycles. The first-order valence-corrected chi connectivity index (χ1v) is 8.36. The summed E-state index contributed by atoms with van der Waals surface area (Å²) in [5.41, 5.74) is 2.20. The Kier molecular flexibility index (Phi) is 17.4. The van der Waals surface area contributed by atoms with E-state index in [4.69, 9.17) is 14.0 Å². The van der Waals surface area contributed by atoms with Crippen molar-refractivity contribution < 1.29 is 31.3 Å². The van der Waals surface area contributed by atoms with Crippen molar-refractivity contribution in [3.63, 3.8) is 0 Å². The van der Waals surface area contributed by atoms with Gasteiger partial charge in [0.15, 0.2) is 0 Å². The second kappa shape index (κ2) is 13.6. The first kappa shape index (κ1) is 32.1. The van der Waals surface area contributed by atoms with E-state index in [9.17, 15) is 0 Å². The van der Waals surface area contributed by atoms with Crippen LogP contribution in [0.1, 0.15) is 78.5 Å². The van der Waals surface area contributed by atoms with Crippen LogP contribution in [0.15, 0.2) is 12.1 Å². The Hall–Kier alpha value is -0.598. The van der Waals surface area contributed by atoms with Crippen LogP contribution in [0.4, 0.5) is 0 Å². The van der Waals surface area contributed by atoms with E-state index in [1.165, 1.54) is 13.8 Å². The molecule has 0 fully saturated rings. The average Bonchev–Trinajstić information content (AvgIpc) is 2.50. The van der Waals surface area contributed by atoms with Crippen molar-refractivity contribution in [3.8, 4) is 0 Å². The Balaban J connectivity index is -0.000000284. The molecule has 0 radical (unpaired) electrons. The second-order valence-electron chi connectivity index (χ2n) is 8.38. The summed E-state index contributed by atoms with van der Waals surface area (Å²) >= 11 is 0. The Morgan fingerprint density at radius 2 is 0.840 bits per heavy atom. The molecular formula is C20H29CrO3P. The Morgan fingerprint density at radius 3 is 1.00 bits per heavy atom. The second-order valence-corrected chi connectivity index (χ2v) is 9.56. The molecule has 5 heteroatoms. The molecule has 0 aliphatic rings. The minimum atomic E-state index is 0. The molecule has 0 aliphatic heterocycles. The van der Waals surface area contributed by atoms with E-state index in [1.807, 2.05) is 0 Å². The van der Waals surface area contributed by atoms with Crippen molar-refractivity contribution in [1.29, 1.82) is 0 Å². The summed E-state index contributed by atoms with van der Waals surface area (Å²) in [5.74, 6) is 0. The van der Waals surface area contributed by atoms with Crippen molar-refractivity contribution in [2.24, 2.45) is 0 Å². The zero-order valence-electron chi connectivity index (χ0n) is 16.7. The SMILES string of the molecule is CC(C)(C)c1cc(C(C)(C)C)pc(C(C)(C)C)c1.[C-]#[O+].[C-]#[O+].[C-]#[O+].[Cr]. The van der Waals surface area contributed by atoms with E-state index in [2.05, 4.69) is 94.4 Å². The predicted octanol–water partition coefficient (Wildman–Crippen LogP) is 6.04. The molecule has 0 saturated heterocycles. The van der Waals surface area contributed by atoms with Crippen molar-refractivity contribution in [1.82, 2.24) is 0 Å². The van der Waals surface area contributed by atoms with E-state index < -0.39 is 0 Å². The van der Waals surface area contributed by atoms with Crippen molar-refractivity contribution in [2.45, 2.75) is 78.6 Å². The van der Waals surface area contributed by atoms with Crippen LogP contribution >= 0.6 is 8.19 Å². The fraction of sp³-hybridized carbons (Fsp3) is 0.600. The molecule has 25 heavy (non-hydrogen) atoms. The normalized spacial score (nSPS) is 10.2. The molecule has 0 aliphatic carbocycles. The van der Waals surface area contributed by atoms with Gasteiger partial charge >= 0.3 is 33.9 Å². The smallest absolute Gasteiger partial charge is 0 e. The molecule has 138 valence electrons. The topological polar surface area (TPSA) is 59.7 Å². The van der Waals surface area contributed by atoms with E-state index in [1.54, 1.807) is 10.6 Å². The van der Waals surface area contributed by atoms with Gasteiger partial charge in [-0.3, -0.25) is 0 Å². The molecular weight excluding hydrogens is 371 g/mol. The van der Waals surface area contributed by atoms with Crippen LogP contribution in [0.25, 0.3) is 0 Å². The van der Waals surface area contributed by atoms with Gasteiger partial charge in [-0.05, 0) is 32.4 Å². The van der Waals surface area contributed by atoms with Crippen LogP contribution in [-0.4, -0.2) is 0 Å². The largest absolute Gasteiger partial charge is 0 e. The fourth-order valence-corrected chi connectivity index (χ4v) is 3.07. The van der Waals surface area contributed by atoms with Gasteiger partial charge in [-0.15, -0.1) is 0 Å². The summed E-state index contributed by atoms with van der Waals surface area (Å²) in [6, 6.07) is 4.85. The maximum absolute atomic E-state index is 7.50. The van der Waals surface area contributed by atoms with E-state index in [0.717, 1.165) is 0 Å². The quantitative estimate of drug-likeness (QED) is 0.376. The summed E-state index contributed by atoms with van der Waals surface area (Å²) < 4.78 is 22.5. The summed E-state index contributed by atoms with van der Waals surface area (Å²) in [6.45, 7) is 34.3. The molecule has 0 bridgehead atoms. The summed E-state index contributed by atoms with van der Waals surface area (Å²) in [5, 5.41) is 3.08. The van der Waals surface area contributed by atoms with Gasteiger partial charge in [-0.2, -0.15) is 0 Å². The van der Waals surface area contributed by atoms with Gasteiger partial charge in [0.2, 0.25) is 0 Å². The molecule has 1 heterocycles. The molecule has 0 saturated carbocycles. The van der Waals surface area contributed by atoms with Crippen LogP contribution in [-0.2, 0) is 47.6 Å². The van der Waals surface area contributed by atoms with Crippen LogP contribution < -0.4 is 0 Å². The van der Waals surface area contributed by atoms with Crippen LogP contribution in [0.5, 0.6) is 0 Å². The third-order valence-electron chi connectivity index (χ3n) is 3.23. The van der Waals surface area contributed by atoms with Gasteiger partial charge in [0.25, 0.3) is 0 Å². The van der Waals surface area contributed by atoms with Crippen LogP contribution in [0.2, 0.25) is 0 Å². The number of hydrogen-bond donors (Lipinski definition) is 0. The third kappa shape index (κ3) is 12.4. The molecule has 0 N–H and O–H groups in total. The standard InChI is InChI=1S/C17H29P.3CO.Cr/c1-15(2,3)12-10-13(16(4,5)6)18-14(11-12)17(7,8)9;3*1-2;/h10-11H,1-9H3;;;;. The molecule has 1 rings (SSSR count). The molecule has 3 nitrogen and oxygen atoms in total. The van der Waals surface area contributed by atoms with Crippen LogP contribution in [0, 0.1) is 20.0 Å². The van der Waals surface area contributed by atoms with E-state index in [-0.39, 0.29) is 33.6 Å². The Bertz CT molecular complexity index is 460. The zero-order valence-corrected chi connectivity index (χ0v) is 18.9. The number of hydrogen-bond acceptors (Lipinski definition) is 0. The average molecular weight is 400 g/mol. The van der Waals surface area contributed by atoms with Gasteiger partial charge in [0.1, 0.15) is 0 Å². The first-order chi connectivity index (χ1) is 10.8. The monoisotopic (exact) mass is 400 g/mol. The molecule has 1 aromatic rings. The van der Waals surface area contributed by atoms with Gasteiger partial charge in [0, 0.05) is 17.4 Å².